The number of carbonyl (C=O) groups is 2. The Kier molecular flexibility index (Phi) is 3.88. The maximum absolute atomic E-state index is 12.5. The van der Waals surface area contributed by atoms with Gasteiger partial charge in [-0.05, 0) is 24.3 Å². The second kappa shape index (κ2) is 5.83. The second-order valence-corrected chi connectivity index (χ2v) is 5.87. The van der Waals surface area contributed by atoms with Gasteiger partial charge in [0, 0.05) is 12.1 Å². The third-order valence-corrected chi connectivity index (χ3v) is 4.69. The maximum atomic E-state index is 12.5. The summed E-state index contributed by atoms with van der Waals surface area (Å²) in [7, 11) is 1.59. The summed E-state index contributed by atoms with van der Waals surface area (Å²) < 4.78 is 5.26. The summed E-state index contributed by atoms with van der Waals surface area (Å²) in [5.74, 6) is -1.39. The number of hydrogen-bond donors (Lipinski definition) is 2. The van der Waals surface area contributed by atoms with Crippen LogP contribution in [0.15, 0.2) is 36.4 Å². The predicted octanol–water partition coefficient (Wildman–Crippen LogP) is 1.83. The van der Waals surface area contributed by atoms with E-state index in [1.165, 1.54) is 0 Å². The molecule has 0 unspecified atom stereocenters. The van der Waals surface area contributed by atoms with Crippen molar-refractivity contribution in [3.05, 3.63) is 42.0 Å². The number of carboxylic acids is 1. The van der Waals surface area contributed by atoms with E-state index in [2.05, 4.69) is 5.32 Å². The number of nitrogens with one attached hydrogen (secondary N) is 1. The quantitative estimate of drug-likeness (QED) is 0.814. The molecule has 1 amide bonds. The summed E-state index contributed by atoms with van der Waals surface area (Å²) in [6.07, 6.45) is 4.69. The molecule has 2 N–H and O–H groups in total. The molecular formula is C17H19NO4. The van der Waals surface area contributed by atoms with Crippen LogP contribution in [0, 0.1) is 23.7 Å². The zero-order valence-electron chi connectivity index (χ0n) is 12.4. The average Bonchev–Trinajstić information content (AvgIpc) is 3.13. The largest absolute Gasteiger partial charge is 0.496 e. The van der Waals surface area contributed by atoms with E-state index in [0.29, 0.717) is 12.3 Å². The number of rotatable bonds is 5. The van der Waals surface area contributed by atoms with E-state index in [4.69, 9.17) is 4.74 Å². The normalized spacial score (nSPS) is 28.6. The molecule has 1 saturated carbocycles. The number of carbonyl (C=O) groups excluding carboxylic acids is 1. The molecule has 3 rings (SSSR count). The Bertz CT molecular complexity index is 625. The number of methoxy groups -OCH3 is 1. The molecule has 1 aromatic carbocycles. The van der Waals surface area contributed by atoms with Gasteiger partial charge in [-0.15, -0.1) is 0 Å². The molecule has 0 aliphatic heterocycles. The Hall–Kier alpha value is -2.30. The van der Waals surface area contributed by atoms with Gasteiger partial charge in [0.2, 0.25) is 5.91 Å². The van der Waals surface area contributed by atoms with Crippen molar-refractivity contribution in [1.29, 1.82) is 0 Å². The van der Waals surface area contributed by atoms with Crippen LogP contribution in [-0.2, 0) is 16.1 Å². The van der Waals surface area contributed by atoms with Gasteiger partial charge in [0.05, 0.1) is 18.9 Å². The zero-order chi connectivity index (χ0) is 15.7. The van der Waals surface area contributed by atoms with Crippen molar-refractivity contribution in [2.24, 2.45) is 23.7 Å². The number of hydrogen-bond acceptors (Lipinski definition) is 3. The fraction of sp³-hybridized carbons (Fsp3) is 0.412. The smallest absolute Gasteiger partial charge is 0.307 e. The van der Waals surface area contributed by atoms with E-state index in [1.54, 1.807) is 7.11 Å². The summed E-state index contributed by atoms with van der Waals surface area (Å²) in [6, 6.07) is 7.46. The first-order chi connectivity index (χ1) is 10.6. The van der Waals surface area contributed by atoms with Crippen LogP contribution >= 0.6 is 0 Å². The molecule has 0 spiro atoms. The summed E-state index contributed by atoms with van der Waals surface area (Å²) in [6.45, 7) is 0.340. The Morgan fingerprint density at radius 2 is 1.91 bits per heavy atom. The lowest BCUT2D eigenvalue weighted by Crippen LogP contribution is -2.39. The van der Waals surface area contributed by atoms with Gasteiger partial charge in [-0.1, -0.05) is 30.4 Å². The minimum atomic E-state index is -0.880. The molecule has 0 heterocycles. The van der Waals surface area contributed by atoms with Crippen LogP contribution in [-0.4, -0.2) is 24.1 Å². The van der Waals surface area contributed by atoms with Gasteiger partial charge >= 0.3 is 5.97 Å². The van der Waals surface area contributed by atoms with Gasteiger partial charge < -0.3 is 15.2 Å². The van der Waals surface area contributed by atoms with Gasteiger partial charge in [-0.25, -0.2) is 0 Å². The molecule has 2 bridgehead atoms. The number of carboxylic acid groups (broad SMARTS) is 1. The number of aliphatic carboxylic acids is 1. The van der Waals surface area contributed by atoms with E-state index in [1.807, 2.05) is 36.4 Å². The number of allylic oxidation sites excluding steroid dienone is 2. The van der Waals surface area contributed by atoms with E-state index < -0.39 is 17.8 Å². The summed E-state index contributed by atoms with van der Waals surface area (Å²) in [4.78, 5) is 23.9. The number of benzene rings is 1. The van der Waals surface area contributed by atoms with E-state index in [9.17, 15) is 14.7 Å². The van der Waals surface area contributed by atoms with Crippen molar-refractivity contribution in [1.82, 2.24) is 5.32 Å². The van der Waals surface area contributed by atoms with Crippen molar-refractivity contribution < 1.29 is 19.4 Å². The lowest BCUT2D eigenvalue weighted by molar-refractivity contribution is -0.147. The fourth-order valence-electron chi connectivity index (χ4n) is 3.67. The molecule has 5 heteroatoms. The van der Waals surface area contributed by atoms with Crippen LogP contribution < -0.4 is 10.1 Å². The Morgan fingerprint density at radius 1 is 1.23 bits per heavy atom. The molecular weight excluding hydrogens is 282 g/mol. The van der Waals surface area contributed by atoms with Crippen LogP contribution in [0.2, 0.25) is 0 Å². The number of para-hydroxylation sites is 1. The van der Waals surface area contributed by atoms with Gasteiger partial charge in [0.25, 0.3) is 0 Å². The van der Waals surface area contributed by atoms with E-state index >= 15 is 0 Å². The fourth-order valence-corrected chi connectivity index (χ4v) is 3.67. The minimum Gasteiger partial charge on any atom is -0.496 e. The lowest BCUT2D eigenvalue weighted by atomic mass is 9.82. The predicted molar refractivity (Wildman–Crippen MR) is 80.2 cm³/mol. The Labute approximate surface area is 129 Å². The van der Waals surface area contributed by atoms with Crippen molar-refractivity contribution in [2.45, 2.75) is 13.0 Å². The first kappa shape index (κ1) is 14.6. The Balaban J connectivity index is 1.69. The van der Waals surface area contributed by atoms with Crippen LogP contribution in [0.3, 0.4) is 0 Å². The third kappa shape index (κ3) is 2.47. The van der Waals surface area contributed by atoms with Crippen LogP contribution in [0.1, 0.15) is 12.0 Å². The molecule has 0 saturated heterocycles. The monoisotopic (exact) mass is 301 g/mol. The highest BCUT2D eigenvalue weighted by Gasteiger charge is 2.51. The zero-order valence-corrected chi connectivity index (χ0v) is 12.4. The second-order valence-electron chi connectivity index (χ2n) is 5.87. The molecule has 1 aromatic rings. The average molecular weight is 301 g/mol. The minimum absolute atomic E-state index is 0.00971. The molecule has 4 atom stereocenters. The number of amides is 1. The highest BCUT2D eigenvalue weighted by atomic mass is 16.5. The number of ether oxygens (including phenoxy) is 1. The first-order valence-electron chi connectivity index (χ1n) is 7.42. The van der Waals surface area contributed by atoms with Gasteiger partial charge in [-0.3, -0.25) is 9.59 Å². The molecule has 116 valence electrons. The van der Waals surface area contributed by atoms with Crippen LogP contribution in [0.25, 0.3) is 0 Å². The van der Waals surface area contributed by atoms with Crippen LogP contribution in [0.4, 0.5) is 0 Å². The molecule has 2 aliphatic carbocycles. The van der Waals surface area contributed by atoms with E-state index in [-0.39, 0.29) is 17.7 Å². The molecule has 2 aliphatic rings. The molecule has 22 heavy (non-hydrogen) atoms. The molecule has 0 radical (unpaired) electrons. The molecule has 1 fully saturated rings. The van der Waals surface area contributed by atoms with Gasteiger partial charge in [-0.2, -0.15) is 0 Å². The summed E-state index contributed by atoms with van der Waals surface area (Å²) >= 11 is 0. The van der Waals surface area contributed by atoms with Crippen molar-refractivity contribution in [2.75, 3.05) is 7.11 Å². The Morgan fingerprint density at radius 3 is 2.59 bits per heavy atom. The lowest BCUT2D eigenvalue weighted by Gasteiger charge is -2.24. The molecule has 5 nitrogen and oxygen atoms in total. The topological polar surface area (TPSA) is 75.6 Å². The molecule has 0 aromatic heterocycles. The highest BCUT2D eigenvalue weighted by molar-refractivity contribution is 5.86. The SMILES string of the molecule is COc1ccccc1CNC(=O)[C@@H]1[C@H](C(=O)O)[C@H]2C=C[C@H]1C2. The van der Waals surface area contributed by atoms with Gasteiger partial charge in [0.1, 0.15) is 5.75 Å². The van der Waals surface area contributed by atoms with Crippen molar-refractivity contribution in [3.8, 4) is 5.75 Å². The highest BCUT2D eigenvalue weighted by Crippen LogP contribution is 2.48. The van der Waals surface area contributed by atoms with Crippen molar-refractivity contribution >= 4 is 11.9 Å². The first-order valence-corrected chi connectivity index (χ1v) is 7.42. The summed E-state index contributed by atoms with van der Waals surface area (Å²) in [5.41, 5.74) is 0.879. The summed E-state index contributed by atoms with van der Waals surface area (Å²) in [5, 5.41) is 12.3. The van der Waals surface area contributed by atoms with Crippen LogP contribution in [0.5, 0.6) is 5.75 Å². The van der Waals surface area contributed by atoms with Gasteiger partial charge in [0.15, 0.2) is 0 Å². The third-order valence-electron chi connectivity index (χ3n) is 4.69. The van der Waals surface area contributed by atoms with E-state index in [0.717, 1.165) is 12.0 Å². The standard InChI is InChI=1S/C17H19NO4/c1-22-13-5-3-2-4-12(13)9-18-16(19)14-10-6-7-11(8-10)15(14)17(20)21/h2-7,10-11,14-15H,8-9H2,1H3,(H,18,19)(H,20,21)/t10-,11-,14-,15+/m0/s1. The maximum Gasteiger partial charge on any atom is 0.307 e. The van der Waals surface area contributed by atoms with Crippen molar-refractivity contribution in [3.63, 3.8) is 0 Å². The number of fused-ring (bicyclic) bond motifs is 2.